The van der Waals surface area contributed by atoms with Crippen molar-refractivity contribution in [3.05, 3.63) is 29.8 Å². The lowest BCUT2D eigenvalue weighted by Crippen LogP contribution is -2.39. The van der Waals surface area contributed by atoms with Crippen molar-refractivity contribution in [1.29, 1.82) is 0 Å². The van der Waals surface area contributed by atoms with Crippen LogP contribution >= 0.6 is 11.8 Å². The Labute approximate surface area is 98.7 Å². The quantitative estimate of drug-likeness (QED) is 0.647. The largest absolute Gasteiger partial charge is 0.480 e. The Kier molecular flexibility index (Phi) is 5.31. The van der Waals surface area contributed by atoms with Crippen LogP contribution in [0.5, 0.6) is 0 Å². The van der Waals surface area contributed by atoms with Crippen LogP contribution in [0.4, 0.5) is 0 Å². The van der Waals surface area contributed by atoms with Gasteiger partial charge in [-0.3, -0.25) is 10.1 Å². The van der Waals surface area contributed by atoms with Gasteiger partial charge in [-0.2, -0.15) is 0 Å². The van der Waals surface area contributed by atoms with Crippen LogP contribution in [0.15, 0.2) is 29.2 Å². The molecule has 3 N–H and O–H groups in total. The van der Waals surface area contributed by atoms with E-state index in [-0.39, 0.29) is 0 Å². The highest BCUT2D eigenvalue weighted by atomic mass is 32.2. The summed E-state index contributed by atoms with van der Waals surface area (Å²) in [4.78, 5) is 11.8. The summed E-state index contributed by atoms with van der Waals surface area (Å²) < 4.78 is 0. The second-order valence-electron chi connectivity index (χ2n) is 3.30. The summed E-state index contributed by atoms with van der Waals surface area (Å²) in [6.45, 7) is 0.0322. The van der Waals surface area contributed by atoms with Crippen molar-refractivity contribution in [2.24, 2.45) is 0 Å². The summed E-state index contributed by atoms with van der Waals surface area (Å²) in [6, 6.07) is 6.94. The molecule has 1 atom stereocenters. The normalized spacial score (nSPS) is 12.4. The van der Waals surface area contributed by atoms with E-state index in [1.54, 1.807) is 11.8 Å². The van der Waals surface area contributed by atoms with E-state index in [4.69, 9.17) is 10.2 Å². The van der Waals surface area contributed by atoms with Gasteiger partial charge in [-0.15, -0.1) is 11.8 Å². The van der Waals surface area contributed by atoms with Gasteiger partial charge in [0, 0.05) is 11.4 Å². The minimum Gasteiger partial charge on any atom is -0.480 e. The molecule has 1 aromatic carbocycles. The lowest BCUT2D eigenvalue weighted by Gasteiger charge is -2.11. The number of nitrogens with one attached hydrogen (secondary N) is 1. The number of aliphatic hydroxyl groups is 1. The van der Waals surface area contributed by atoms with E-state index in [0.29, 0.717) is 6.54 Å². The summed E-state index contributed by atoms with van der Waals surface area (Å²) in [5.41, 5.74) is 0.998. The topological polar surface area (TPSA) is 69.6 Å². The third-order valence-corrected chi connectivity index (χ3v) is 2.94. The van der Waals surface area contributed by atoms with Gasteiger partial charge in [-0.05, 0) is 24.0 Å². The summed E-state index contributed by atoms with van der Waals surface area (Å²) in [6.07, 6.45) is 2.00. The molecule has 0 aliphatic heterocycles. The Balaban J connectivity index is 2.50. The van der Waals surface area contributed by atoms with Gasteiger partial charge in [0.05, 0.1) is 6.61 Å². The highest BCUT2D eigenvalue weighted by Gasteiger charge is 2.14. The molecule has 1 aromatic rings. The average Bonchev–Trinajstić information content (AvgIpc) is 2.30. The molecule has 88 valence electrons. The first-order valence-corrected chi connectivity index (χ1v) is 6.10. The van der Waals surface area contributed by atoms with Crippen molar-refractivity contribution < 1.29 is 15.0 Å². The predicted molar refractivity (Wildman–Crippen MR) is 63.6 cm³/mol. The van der Waals surface area contributed by atoms with Crippen LogP contribution in [-0.2, 0) is 11.3 Å². The Hall–Kier alpha value is -1.04. The second-order valence-corrected chi connectivity index (χ2v) is 4.18. The number of hydrogen-bond donors (Lipinski definition) is 3. The monoisotopic (exact) mass is 241 g/mol. The molecule has 4 nitrogen and oxygen atoms in total. The zero-order chi connectivity index (χ0) is 12.0. The molecule has 0 amide bonds. The zero-order valence-electron chi connectivity index (χ0n) is 9.01. The lowest BCUT2D eigenvalue weighted by molar-refractivity contribution is -0.140. The minimum absolute atomic E-state index is 0.405. The molecule has 5 heteroatoms. The van der Waals surface area contributed by atoms with Crippen molar-refractivity contribution in [3.8, 4) is 0 Å². The van der Waals surface area contributed by atoms with E-state index >= 15 is 0 Å². The molecule has 1 rings (SSSR count). The molecule has 0 heterocycles. The molecule has 0 saturated carbocycles. The van der Waals surface area contributed by atoms with Gasteiger partial charge in [0.1, 0.15) is 6.04 Å². The number of hydrogen-bond acceptors (Lipinski definition) is 4. The number of aliphatic hydroxyl groups excluding tert-OH is 1. The first-order valence-electron chi connectivity index (χ1n) is 4.87. The SMILES string of the molecule is CSc1ccc(CNC(CO)C(=O)O)cc1. The first-order chi connectivity index (χ1) is 7.67. The van der Waals surface area contributed by atoms with E-state index in [9.17, 15) is 4.79 Å². The van der Waals surface area contributed by atoms with Crippen molar-refractivity contribution in [3.63, 3.8) is 0 Å². The molecule has 0 fully saturated rings. The van der Waals surface area contributed by atoms with E-state index in [2.05, 4.69) is 5.32 Å². The molecule has 0 aliphatic carbocycles. The molecule has 0 aromatic heterocycles. The van der Waals surface area contributed by atoms with Gasteiger partial charge < -0.3 is 10.2 Å². The Morgan fingerprint density at radius 2 is 2.06 bits per heavy atom. The standard InChI is InChI=1S/C11H15NO3S/c1-16-9-4-2-8(3-5-9)6-12-10(7-13)11(14)15/h2-5,10,12-13H,6-7H2,1H3,(H,14,15). The number of carboxylic acids is 1. The molecule has 0 radical (unpaired) electrons. The Morgan fingerprint density at radius 3 is 2.50 bits per heavy atom. The van der Waals surface area contributed by atoms with Gasteiger partial charge in [0.25, 0.3) is 0 Å². The summed E-state index contributed by atoms with van der Waals surface area (Å²) >= 11 is 1.66. The molecule has 0 aliphatic rings. The van der Waals surface area contributed by atoms with E-state index < -0.39 is 18.6 Å². The fourth-order valence-corrected chi connectivity index (χ4v) is 1.62. The fraction of sp³-hybridized carbons (Fsp3) is 0.364. The number of benzene rings is 1. The highest BCUT2D eigenvalue weighted by Crippen LogP contribution is 2.14. The summed E-state index contributed by atoms with van der Waals surface area (Å²) in [5.74, 6) is -1.04. The van der Waals surface area contributed by atoms with Crippen molar-refractivity contribution in [2.45, 2.75) is 17.5 Å². The van der Waals surface area contributed by atoms with Crippen LogP contribution in [0.25, 0.3) is 0 Å². The minimum atomic E-state index is -1.04. The molecular formula is C11H15NO3S. The van der Waals surface area contributed by atoms with Crippen molar-refractivity contribution >= 4 is 17.7 Å². The Bertz CT molecular complexity index is 340. The third kappa shape index (κ3) is 3.84. The van der Waals surface area contributed by atoms with Crippen LogP contribution in [0.2, 0.25) is 0 Å². The maximum absolute atomic E-state index is 10.6. The average molecular weight is 241 g/mol. The second kappa shape index (κ2) is 6.52. The van der Waals surface area contributed by atoms with E-state index in [0.717, 1.165) is 5.56 Å². The molecule has 1 unspecified atom stereocenters. The lowest BCUT2D eigenvalue weighted by atomic mass is 10.2. The molecule has 0 saturated heterocycles. The van der Waals surface area contributed by atoms with Crippen LogP contribution in [0.1, 0.15) is 5.56 Å². The van der Waals surface area contributed by atoms with Gasteiger partial charge >= 0.3 is 5.97 Å². The summed E-state index contributed by atoms with van der Waals surface area (Å²) in [7, 11) is 0. The van der Waals surface area contributed by atoms with E-state index in [1.807, 2.05) is 30.5 Å². The first kappa shape index (κ1) is 13.0. The molecule has 0 bridgehead atoms. The van der Waals surface area contributed by atoms with Gasteiger partial charge in [0.2, 0.25) is 0 Å². The van der Waals surface area contributed by atoms with E-state index in [1.165, 1.54) is 4.90 Å². The van der Waals surface area contributed by atoms with Gasteiger partial charge in [-0.25, -0.2) is 0 Å². The zero-order valence-corrected chi connectivity index (χ0v) is 9.83. The number of carboxylic acid groups (broad SMARTS) is 1. The highest BCUT2D eigenvalue weighted by molar-refractivity contribution is 7.98. The van der Waals surface area contributed by atoms with Gasteiger partial charge in [-0.1, -0.05) is 12.1 Å². The van der Waals surface area contributed by atoms with Crippen molar-refractivity contribution in [1.82, 2.24) is 5.32 Å². The number of rotatable bonds is 6. The van der Waals surface area contributed by atoms with Crippen LogP contribution < -0.4 is 5.32 Å². The molecule has 0 spiro atoms. The maximum atomic E-state index is 10.6. The smallest absolute Gasteiger partial charge is 0.323 e. The summed E-state index contributed by atoms with van der Waals surface area (Å²) in [5, 5.41) is 20.3. The van der Waals surface area contributed by atoms with Crippen LogP contribution in [0.3, 0.4) is 0 Å². The molecular weight excluding hydrogens is 226 g/mol. The van der Waals surface area contributed by atoms with Gasteiger partial charge in [0.15, 0.2) is 0 Å². The third-order valence-electron chi connectivity index (χ3n) is 2.19. The fourth-order valence-electron chi connectivity index (χ4n) is 1.21. The maximum Gasteiger partial charge on any atom is 0.323 e. The number of aliphatic carboxylic acids is 1. The number of carbonyl (C=O) groups is 1. The number of thioether (sulfide) groups is 1. The van der Waals surface area contributed by atoms with Crippen LogP contribution in [0, 0.1) is 0 Å². The molecule has 16 heavy (non-hydrogen) atoms. The van der Waals surface area contributed by atoms with Crippen molar-refractivity contribution in [2.75, 3.05) is 12.9 Å². The Morgan fingerprint density at radius 1 is 1.44 bits per heavy atom. The predicted octanol–water partition coefficient (Wildman–Crippen LogP) is 0.944. The van der Waals surface area contributed by atoms with Crippen LogP contribution in [-0.4, -0.2) is 35.1 Å².